The van der Waals surface area contributed by atoms with Gasteiger partial charge < -0.3 is 10.2 Å². The van der Waals surface area contributed by atoms with E-state index in [1.54, 1.807) is 4.90 Å². The van der Waals surface area contributed by atoms with Crippen LogP contribution >= 0.6 is 0 Å². The van der Waals surface area contributed by atoms with Gasteiger partial charge in [0.1, 0.15) is 0 Å². The first kappa shape index (κ1) is 13.6. The van der Waals surface area contributed by atoms with Gasteiger partial charge in [0.05, 0.1) is 6.54 Å². The molecule has 19 heavy (non-hydrogen) atoms. The molecule has 0 spiro atoms. The molecule has 1 N–H and O–H groups in total. The summed E-state index contributed by atoms with van der Waals surface area (Å²) in [5, 5.41) is 2.68. The molecule has 0 bridgehead atoms. The molecule has 0 fully saturated rings. The number of para-hydroxylation sites is 1. The first-order chi connectivity index (χ1) is 9.22. The number of fused-ring (bicyclic) bond motifs is 1. The van der Waals surface area contributed by atoms with Crippen molar-refractivity contribution < 1.29 is 9.59 Å². The predicted molar refractivity (Wildman–Crippen MR) is 75.0 cm³/mol. The van der Waals surface area contributed by atoms with Gasteiger partial charge in [-0.05, 0) is 30.9 Å². The molecule has 4 nitrogen and oxygen atoms in total. The van der Waals surface area contributed by atoms with Crippen molar-refractivity contribution in [2.24, 2.45) is 0 Å². The molecule has 1 aliphatic rings. The standard InChI is InChI=1S/C15H20N2O2/c1-2-6-14(18)16-11-15(19)17-10-5-8-12-7-3-4-9-13(12)17/h3-4,7,9H,2,5-6,8,10-11H2,1H3,(H,16,18). The van der Waals surface area contributed by atoms with Crippen molar-refractivity contribution in [1.82, 2.24) is 5.32 Å². The molecule has 0 aliphatic carbocycles. The molecule has 1 aliphatic heterocycles. The minimum absolute atomic E-state index is 0.0309. The van der Waals surface area contributed by atoms with Crippen LogP contribution in [0.3, 0.4) is 0 Å². The van der Waals surface area contributed by atoms with Crippen LogP contribution in [0.15, 0.2) is 24.3 Å². The molecule has 4 heteroatoms. The van der Waals surface area contributed by atoms with Crippen LogP contribution < -0.4 is 10.2 Å². The van der Waals surface area contributed by atoms with Gasteiger partial charge in [0.2, 0.25) is 11.8 Å². The van der Waals surface area contributed by atoms with E-state index in [9.17, 15) is 9.59 Å². The van der Waals surface area contributed by atoms with Crippen molar-refractivity contribution in [3.05, 3.63) is 29.8 Å². The number of hydrogen-bond acceptors (Lipinski definition) is 2. The summed E-state index contributed by atoms with van der Waals surface area (Å²) in [7, 11) is 0. The van der Waals surface area contributed by atoms with Crippen molar-refractivity contribution in [2.75, 3.05) is 18.0 Å². The Morgan fingerprint density at radius 1 is 1.32 bits per heavy atom. The van der Waals surface area contributed by atoms with Crippen LogP contribution in [-0.4, -0.2) is 24.9 Å². The summed E-state index contributed by atoms with van der Waals surface area (Å²) >= 11 is 0. The Hall–Kier alpha value is -1.84. The normalized spacial score (nSPS) is 13.8. The molecule has 0 atom stereocenters. The van der Waals surface area contributed by atoms with Crippen molar-refractivity contribution >= 4 is 17.5 Å². The topological polar surface area (TPSA) is 49.4 Å². The van der Waals surface area contributed by atoms with Crippen molar-refractivity contribution in [2.45, 2.75) is 32.6 Å². The van der Waals surface area contributed by atoms with Crippen LogP contribution in [0.1, 0.15) is 31.7 Å². The summed E-state index contributed by atoms with van der Waals surface area (Å²) in [6.07, 6.45) is 3.27. The fraction of sp³-hybridized carbons (Fsp3) is 0.467. The molecule has 1 aromatic carbocycles. The Kier molecular flexibility index (Phi) is 4.55. The maximum absolute atomic E-state index is 12.2. The summed E-state index contributed by atoms with van der Waals surface area (Å²) < 4.78 is 0. The number of nitrogens with one attached hydrogen (secondary N) is 1. The number of rotatable bonds is 4. The number of hydrogen-bond donors (Lipinski definition) is 1. The number of carbonyl (C=O) groups excluding carboxylic acids is 2. The molecule has 2 amide bonds. The third kappa shape index (κ3) is 3.34. The van der Waals surface area contributed by atoms with Gasteiger partial charge in [-0.15, -0.1) is 0 Å². The lowest BCUT2D eigenvalue weighted by Crippen LogP contribution is -2.42. The lowest BCUT2D eigenvalue weighted by Gasteiger charge is -2.29. The largest absolute Gasteiger partial charge is 0.347 e. The molecule has 1 heterocycles. The van der Waals surface area contributed by atoms with E-state index >= 15 is 0 Å². The molecule has 0 saturated heterocycles. The summed E-state index contributed by atoms with van der Waals surface area (Å²) in [4.78, 5) is 25.4. The van der Waals surface area contributed by atoms with E-state index in [1.165, 1.54) is 5.56 Å². The molecule has 2 rings (SSSR count). The second kappa shape index (κ2) is 6.36. The maximum Gasteiger partial charge on any atom is 0.246 e. The SMILES string of the molecule is CCCC(=O)NCC(=O)N1CCCc2ccccc21. The van der Waals surface area contributed by atoms with Crippen LogP contribution in [0.4, 0.5) is 5.69 Å². The number of benzene rings is 1. The number of amides is 2. The lowest BCUT2D eigenvalue weighted by molar-refractivity contribution is -0.125. The van der Waals surface area contributed by atoms with Gasteiger partial charge >= 0.3 is 0 Å². The molecule has 102 valence electrons. The van der Waals surface area contributed by atoms with Crippen LogP contribution in [0.2, 0.25) is 0 Å². The highest BCUT2D eigenvalue weighted by atomic mass is 16.2. The maximum atomic E-state index is 12.2. The third-order valence-corrected chi connectivity index (χ3v) is 3.33. The molecular formula is C15H20N2O2. The number of carbonyl (C=O) groups is 2. The van der Waals surface area contributed by atoms with E-state index in [-0.39, 0.29) is 18.4 Å². The second-order valence-electron chi connectivity index (χ2n) is 4.80. The average molecular weight is 260 g/mol. The third-order valence-electron chi connectivity index (χ3n) is 3.33. The van der Waals surface area contributed by atoms with E-state index < -0.39 is 0 Å². The van der Waals surface area contributed by atoms with Gasteiger partial charge in [-0.3, -0.25) is 9.59 Å². The quantitative estimate of drug-likeness (QED) is 0.898. The van der Waals surface area contributed by atoms with Gasteiger partial charge in [0.25, 0.3) is 0 Å². The van der Waals surface area contributed by atoms with E-state index in [1.807, 2.05) is 25.1 Å². The van der Waals surface area contributed by atoms with Gasteiger partial charge in [0.15, 0.2) is 0 Å². The minimum atomic E-state index is -0.0545. The number of anilines is 1. The fourth-order valence-corrected chi connectivity index (χ4v) is 2.38. The lowest BCUT2D eigenvalue weighted by atomic mass is 10.0. The predicted octanol–water partition coefficient (Wildman–Crippen LogP) is 1.88. The van der Waals surface area contributed by atoms with E-state index in [0.29, 0.717) is 6.42 Å². The zero-order chi connectivity index (χ0) is 13.7. The van der Waals surface area contributed by atoms with Gasteiger partial charge in [-0.25, -0.2) is 0 Å². The van der Waals surface area contributed by atoms with Crippen LogP contribution in [0.5, 0.6) is 0 Å². The number of aryl methyl sites for hydroxylation is 1. The number of nitrogens with zero attached hydrogens (tertiary/aromatic N) is 1. The zero-order valence-corrected chi connectivity index (χ0v) is 11.3. The molecule has 1 aromatic rings. The Morgan fingerprint density at radius 3 is 2.89 bits per heavy atom. The van der Waals surface area contributed by atoms with E-state index in [0.717, 1.165) is 31.5 Å². The van der Waals surface area contributed by atoms with Crippen LogP contribution in [0, 0.1) is 0 Å². The summed E-state index contributed by atoms with van der Waals surface area (Å²) in [6, 6.07) is 7.97. The highest BCUT2D eigenvalue weighted by molar-refractivity contribution is 5.97. The Morgan fingerprint density at radius 2 is 2.11 bits per heavy atom. The molecule has 0 saturated carbocycles. The van der Waals surface area contributed by atoms with Crippen molar-refractivity contribution in [3.8, 4) is 0 Å². The monoisotopic (exact) mass is 260 g/mol. The first-order valence-electron chi connectivity index (χ1n) is 6.87. The van der Waals surface area contributed by atoms with Crippen LogP contribution in [-0.2, 0) is 16.0 Å². The fourth-order valence-electron chi connectivity index (χ4n) is 2.38. The molecule has 0 radical (unpaired) electrons. The van der Waals surface area contributed by atoms with Gasteiger partial charge in [-0.1, -0.05) is 25.1 Å². The van der Waals surface area contributed by atoms with Crippen molar-refractivity contribution in [3.63, 3.8) is 0 Å². The molecule has 0 aromatic heterocycles. The highest BCUT2D eigenvalue weighted by Crippen LogP contribution is 2.26. The Labute approximate surface area is 113 Å². The minimum Gasteiger partial charge on any atom is -0.347 e. The zero-order valence-electron chi connectivity index (χ0n) is 11.3. The van der Waals surface area contributed by atoms with E-state index in [2.05, 4.69) is 11.4 Å². The smallest absolute Gasteiger partial charge is 0.246 e. The molecule has 0 unspecified atom stereocenters. The summed E-state index contributed by atoms with van der Waals surface area (Å²) in [6.45, 7) is 2.77. The van der Waals surface area contributed by atoms with Gasteiger partial charge in [0, 0.05) is 18.7 Å². The van der Waals surface area contributed by atoms with Gasteiger partial charge in [-0.2, -0.15) is 0 Å². The second-order valence-corrected chi connectivity index (χ2v) is 4.80. The first-order valence-corrected chi connectivity index (χ1v) is 6.87. The van der Waals surface area contributed by atoms with Crippen LogP contribution in [0.25, 0.3) is 0 Å². The highest BCUT2D eigenvalue weighted by Gasteiger charge is 2.21. The Balaban J connectivity index is 1.99. The van der Waals surface area contributed by atoms with Crippen molar-refractivity contribution in [1.29, 1.82) is 0 Å². The average Bonchev–Trinajstić information content (AvgIpc) is 2.44. The summed E-state index contributed by atoms with van der Waals surface area (Å²) in [5.74, 6) is -0.0854. The molecular weight excluding hydrogens is 240 g/mol. The van der Waals surface area contributed by atoms with E-state index in [4.69, 9.17) is 0 Å². The Bertz CT molecular complexity index is 471. The summed E-state index contributed by atoms with van der Waals surface area (Å²) in [5.41, 5.74) is 2.20.